The molecule has 0 spiro atoms. The molecule has 3 aromatic rings. The SMILES string of the molecule is CN=C(NCc1cccc(-c2ncn[nH]2)c1)NCc1ccnn1C.I. The third kappa shape index (κ3) is 5.02. The van der Waals surface area contributed by atoms with Crippen molar-refractivity contribution in [3.05, 3.63) is 54.1 Å². The average molecular weight is 452 g/mol. The average Bonchev–Trinajstić information content (AvgIpc) is 3.27. The van der Waals surface area contributed by atoms with Gasteiger partial charge in [-0.15, -0.1) is 24.0 Å². The second kappa shape index (κ2) is 9.16. The molecule has 0 amide bonds. The first-order chi connectivity index (χ1) is 11.8. The Labute approximate surface area is 163 Å². The smallest absolute Gasteiger partial charge is 0.191 e. The van der Waals surface area contributed by atoms with E-state index in [4.69, 9.17) is 0 Å². The topological polar surface area (TPSA) is 95.8 Å². The number of nitrogens with one attached hydrogen (secondary N) is 3. The van der Waals surface area contributed by atoms with Gasteiger partial charge in [0.1, 0.15) is 6.33 Å². The number of hydrogen-bond donors (Lipinski definition) is 3. The van der Waals surface area contributed by atoms with Gasteiger partial charge in [-0.05, 0) is 17.7 Å². The highest BCUT2D eigenvalue weighted by Crippen LogP contribution is 2.15. The molecular weight excluding hydrogens is 431 g/mol. The summed E-state index contributed by atoms with van der Waals surface area (Å²) in [6.07, 6.45) is 3.28. The number of hydrogen-bond acceptors (Lipinski definition) is 4. The predicted molar refractivity (Wildman–Crippen MR) is 107 cm³/mol. The van der Waals surface area contributed by atoms with E-state index < -0.39 is 0 Å². The van der Waals surface area contributed by atoms with Crippen molar-refractivity contribution in [3.8, 4) is 11.4 Å². The van der Waals surface area contributed by atoms with Crippen LogP contribution in [0, 0.1) is 0 Å². The molecule has 0 aliphatic rings. The number of H-pyrrole nitrogens is 1. The number of aliphatic imine (C=N–C) groups is 1. The first-order valence-electron chi connectivity index (χ1n) is 7.62. The van der Waals surface area contributed by atoms with Crippen LogP contribution in [-0.2, 0) is 20.1 Å². The van der Waals surface area contributed by atoms with Crippen LogP contribution in [0.3, 0.4) is 0 Å². The monoisotopic (exact) mass is 452 g/mol. The van der Waals surface area contributed by atoms with Crippen molar-refractivity contribution in [2.75, 3.05) is 7.05 Å². The lowest BCUT2D eigenvalue weighted by molar-refractivity contribution is 0.684. The molecule has 0 saturated heterocycles. The molecule has 0 radical (unpaired) electrons. The van der Waals surface area contributed by atoms with Crippen molar-refractivity contribution in [2.24, 2.45) is 12.0 Å². The fraction of sp³-hybridized carbons (Fsp3) is 0.250. The fourth-order valence-electron chi connectivity index (χ4n) is 2.33. The van der Waals surface area contributed by atoms with Gasteiger partial charge in [0.2, 0.25) is 0 Å². The molecule has 0 saturated carbocycles. The molecule has 3 N–H and O–H groups in total. The minimum absolute atomic E-state index is 0. The number of aryl methyl sites for hydroxylation is 1. The second-order valence-corrected chi connectivity index (χ2v) is 5.26. The number of nitrogens with zero attached hydrogens (tertiary/aromatic N) is 5. The van der Waals surface area contributed by atoms with Crippen LogP contribution in [0.15, 0.2) is 47.8 Å². The van der Waals surface area contributed by atoms with Crippen LogP contribution in [0.25, 0.3) is 11.4 Å². The van der Waals surface area contributed by atoms with Crippen molar-refractivity contribution in [3.63, 3.8) is 0 Å². The van der Waals surface area contributed by atoms with Gasteiger partial charge in [-0.3, -0.25) is 14.8 Å². The third-order valence-electron chi connectivity index (χ3n) is 3.66. The minimum Gasteiger partial charge on any atom is -0.352 e. The quantitative estimate of drug-likeness (QED) is 0.311. The van der Waals surface area contributed by atoms with Gasteiger partial charge in [0, 0.05) is 32.4 Å². The summed E-state index contributed by atoms with van der Waals surface area (Å²) in [5, 5.41) is 17.5. The normalized spacial score (nSPS) is 11.0. The molecule has 0 bridgehead atoms. The van der Waals surface area contributed by atoms with Crippen LogP contribution in [0.2, 0.25) is 0 Å². The predicted octanol–water partition coefficient (Wildman–Crippen LogP) is 1.69. The van der Waals surface area contributed by atoms with E-state index in [1.54, 1.807) is 13.2 Å². The summed E-state index contributed by atoms with van der Waals surface area (Å²) in [4.78, 5) is 8.41. The second-order valence-electron chi connectivity index (χ2n) is 5.26. The molecule has 0 fully saturated rings. The summed E-state index contributed by atoms with van der Waals surface area (Å²) in [5.74, 6) is 1.50. The molecule has 1 aromatic carbocycles. The van der Waals surface area contributed by atoms with E-state index in [1.807, 2.05) is 29.9 Å². The van der Waals surface area contributed by atoms with Gasteiger partial charge in [0.15, 0.2) is 11.8 Å². The Morgan fingerprint density at radius 3 is 2.76 bits per heavy atom. The summed E-state index contributed by atoms with van der Waals surface area (Å²) in [6, 6.07) is 10.1. The molecular formula is C16H21IN8. The molecule has 0 aliphatic heterocycles. The summed E-state index contributed by atoms with van der Waals surface area (Å²) < 4.78 is 1.83. The van der Waals surface area contributed by atoms with Crippen LogP contribution >= 0.6 is 24.0 Å². The molecule has 3 rings (SSSR count). The zero-order chi connectivity index (χ0) is 16.8. The molecule has 0 aliphatic carbocycles. The van der Waals surface area contributed by atoms with Gasteiger partial charge < -0.3 is 10.6 Å². The number of aromatic nitrogens is 5. The summed E-state index contributed by atoms with van der Waals surface area (Å²) >= 11 is 0. The number of aromatic amines is 1. The van der Waals surface area contributed by atoms with E-state index in [0.29, 0.717) is 13.1 Å². The van der Waals surface area contributed by atoms with Crippen LogP contribution in [0.5, 0.6) is 0 Å². The lowest BCUT2D eigenvalue weighted by Gasteiger charge is -2.12. The Balaban J connectivity index is 0.00000225. The van der Waals surface area contributed by atoms with Crippen LogP contribution in [0.1, 0.15) is 11.3 Å². The van der Waals surface area contributed by atoms with Crippen molar-refractivity contribution in [2.45, 2.75) is 13.1 Å². The van der Waals surface area contributed by atoms with E-state index >= 15 is 0 Å². The van der Waals surface area contributed by atoms with Gasteiger partial charge in [-0.1, -0.05) is 18.2 Å². The fourth-order valence-corrected chi connectivity index (χ4v) is 2.33. The zero-order valence-corrected chi connectivity index (χ0v) is 16.4. The lowest BCUT2D eigenvalue weighted by Crippen LogP contribution is -2.36. The van der Waals surface area contributed by atoms with E-state index in [9.17, 15) is 0 Å². The lowest BCUT2D eigenvalue weighted by atomic mass is 10.1. The molecule has 2 heterocycles. The van der Waals surface area contributed by atoms with Gasteiger partial charge in [-0.2, -0.15) is 10.2 Å². The first kappa shape index (κ1) is 18.9. The van der Waals surface area contributed by atoms with E-state index in [2.05, 4.69) is 48.0 Å². The molecule has 0 unspecified atom stereocenters. The van der Waals surface area contributed by atoms with Crippen molar-refractivity contribution < 1.29 is 0 Å². The van der Waals surface area contributed by atoms with Gasteiger partial charge in [0.05, 0.1) is 12.2 Å². The van der Waals surface area contributed by atoms with Crippen molar-refractivity contribution in [1.82, 2.24) is 35.6 Å². The van der Waals surface area contributed by atoms with Crippen LogP contribution < -0.4 is 10.6 Å². The molecule has 2 aromatic heterocycles. The number of benzene rings is 1. The Morgan fingerprint density at radius 2 is 2.08 bits per heavy atom. The minimum atomic E-state index is 0. The Hall–Kier alpha value is -2.43. The Morgan fingerprint density at radius 1 is 1.24 bits per heavy atom. The van der Waals surface area contributed by atoms with Crippen molar-refractivity contribution in [1.29, 1.82) is 0 Å². The molecule has 8 nitrogen and oxygen atoms in total. The van der Waals surface area contributed by atoms with Crippen LogP contribution in [-0.4, -0.2) is 38.0 Å². The molecule has 9 heteroatoms. The van der Waals surface area contributed by atoms with Gasteiger partial charge in [0.25, 0.3) is 0 Å². The van der Waals surface area contributed by atoms with Gasteiger partial charge in [-0.25, -0.2) is 4.98 Å². The standard InChI is InChI=1S/C16H20N8.HI/c1-17-16(19-10-14-6-7-22-24(14)2)18-9-12-4-3-5-13(8-12)15-20-11-21-23-15;/h3-8,11H,9-10H2,1-2H3,(H2,17,18,19)(H,20,21,23);1H. The summed E-state index contributed by atoms with van der Waals surface area (Å²) in [5.41, 5.74) is 3.22. The van der Waals surface area contributed by atoms with E-state index in [1.165, 1.54) is 6.33 Å². The number of halogens is 1. The maximum Gasteiger partial charge on any atom is 0.191 e. The summed E-state index contributed by atoms with van der Waals surface area (Å²) in [6.45, 7) is 1.32. The van der Waals surface area contributed by atoms with Crippen LogP contribution in [0.4, 0.5) is 0 Å². The highest BCUT2D eigenvalue weighted by atomic mass is 127. The third-order valence-corrected chi connectivity index (χ3v) is 3.66. The number of guanidine groups is 1. The molecule has 25 heavy (non-hydrogen) atoms. The Kier molecular flexibility index (Phi) is 6.92. The highest BCUT2D eigenvalue weighted by molar-refractivity contribution is 14.0. The van der Waals surface area contributed by atoms with Crippen molar-refractivity contribution >= 4 is 29.9 Å². The summed E-state index contributed by atoms with van der Waals surface area (Å²) in [7, 11) is 3.67. The van der Waals surface area contributed by atoms with E-state index in [0.717, 1.165) is 28.6 Å². The maximum atomic E-state index is 4.24. The Bertz CT molecular complexity index is 809. The molecule has 132 valence electrons. The first-order valence-corrected chi connectivity index (χ1v) is 7.62. The zero-order valence-electron chi connectivity index (χ0n) is 14.1. The maximum absolute atomic E-state index is 4.24. The van der Waals surface area contributed by atoms with E-state index in [-0.39, 0.29) is 24.0 Å². The molecule has 0 atom stereocenters. The van der Waals surface area contributed by atoms with Gasteiger partial charge >= 0.3 is 0 Å². The highest BCUT2D eigenvalue weighted by Gasteiger charge is 2.04. The largest absolute Gasteiger partial charge is 0.352 e. The number of rotatable bonds is 5.